The van der Waals surface area contributed by atoms with Crippen molar-refractivity contribution in [1.82, 2.24) is 10.2 Å². The van der Waals surface area contributed by atoms with Crippen LogP contribution in [0, 0.1) is 0 Å². The molecule has 2 amide bonds. The number of amides is 2. The van der Waals surface area contributed by atoms with Gasteiger partial charge in [0.2, 0.25) is 0 Å². The second-order valence-corrected chi connectivity index (χ2v) is 4.12. The van der Waals surface area contributed by atoms with Crippen LogP contribution in [0.5, 0.6) is 0 Å². The van der Waals surface area contributed by atoms with Gasteiger partial charge in [0.1, 0.15) is 0 Å². The number of nitrogens with zero attached hydrogens (tertiary/aromatic N) is 1. The SMILES string of the molecule is CN(C)C(=O)NCc1ccc(Cl)c(Cl)c1. The molecule has 15 heavy (non-hydrogen) atoms. The van der Waals surface area contributed by atoms with Gasteiger partial charge in [0.25, 0.3) is 0 Å². The Kier molecular flexibility index (Phi) is 4.24. The summed E-state index contributed by atoms with van der Waals surface area (Å²) in [7, 11) is 3.37. The summed E-state index contributed by atoms with van der Waals surface area (Å²) in [6.45, 7) is 0.438. The van der Waals surface area contributed by atoms with Crippen molar-refractivity contribution < 1.29 is 4.79 Å². The Bertz CT molecular complexity index is 366. The third kappa shape index (κ3) is 3.61. The Balaban J connectivity index is 2.58. The number of benzene rings is 1. The standard InChI is InChI=1S/C10H12Cl2N2O/c1-14(2)10(15)13-6-7-3-4-8(11)9(12)5-7/h3-5H,6H2,1-2H3,(H,13,15). The minimum absolute atomic E-state index is 0.138. The van der Waals surface area contributed by atoms with Crippen LogP contribution in [-0.4, -0.2) is 25.0 Å². The van der Waals surface area contributed by atoms with E-state index in [0.29, 0.717) is 16.6 Å². The molecule has 0 unspecified atom stereocenters. The van der Waals surface area contributed by atoms with Gasteiger partial charge in [0.15, 0.2) is 0 Å². The first-order valence-corrected chi connectivity index (χ1v) is 5.15. The molecular weight excluding hydrogens is 235 g/mol. The summed E-state index contributed by atoms with van der Waals surface area (Å²) < 4.78 is 0. The summed E-state index contributed by atoms with van der Waals surface area (Å²) >= 11 is 11.6. The number of hydrogen-bond acceptors (Lipinski definition) is 1. The second kappa shape index (κ2) is 5.24. The van der Waals surface area contributed by atoms with Crippen LogP contribution in [-0.2, 0) is 6.54 Å². The number of urea groups is 1. The fraction of sp³-hybridized carbons (Fsp3) is 0.300. The van der Waals surface area contributed by atoms with Crippen molar-refractivity contribution in [2.45, 2.75) is 6.54 Å². The van der Waals surface area contributed by atoms with E-state index in [-0.39, 0.29) is 6.03 Å². The van der Waals surface area contributed by atoms with Crippen LogP contribution < -0.4 is 5.32 Å². The third-order valence-corrected chi connectivity index (χ3v) is 2.57. The van der Waals surface area contributed by atoms with Crippen LogP contribution in [0.3, 0.4) is 0 Å². The predicted octanol–water partition coefficient (Wildman–Crippen LogP) is 2.76. The zero-order valence-corrected chi connectivity index (χ0v) is 10.1. The summed E-state index contributed by atoms with van der Waals surface area (Å²) in [4.78, 5) is 12.7. The van der Waals surface area contributed by atoms with E-state index < -0.39 is 0 Å². The van der Waals surface area contributed by atoms with Crippen molar-refractivity contribution in [3.8, 4) is 0 Å². The molecule has 0 radical (unpaired) electrons. The van der Waals surface area contributed by atoms with E-state index in [2.05, 4.69) is 5.32 Å². The third-order valence-electron chi connectivity index (χ3n) is 1.83. The molecule has 1 aromatic rings. The lowest BCUT2D eigenvalue weighted by Crippen LogP contribution is -2.33. The maximum atomic E-state index is 11.2. The number of carbonyl (C=O) groups is 1. The van der Waals surface area contributed by atoms with Crippen molar-refractivity contribution in [2.75, 3.05) is 14.1 Å². The van der Waals surface area contributed by atoms with Gasteiger partial charge in [-0.15, -0.1) is 0 Å². The van der Waals surface area contributed by atoms with Crippen molar-refractivity contribution in [3.05, 3.63) is 33.8 Å². The maximum Gasteiger partial charge on any atom is 0.317 e. The van der Waals surface area contributed by atoms with Gasteiger partial charge < -0.3 is 10.2 Å². The first-order chi connectivity index (χ1) is 7.00. The lowest BCUT2D eigenvalue weighted by atomic mass is 10.2. The molecule has 0 aliphatic heterocycles. The monoisotopic (exact) mass is 246 g/mol. The molecular formula is C10H12Cl2N2O. The largest absolute Gasteiger partial charge is 0.334 e. The lowest BCUT2D eigenvalue weighted by Gasteiger charge is -2.12. The number of hydrogen-bond donors (Lipinski definition) is 1. The predicted molar refractivity (Wildman–Crippen MR) is 62.4 cm³/mol. The van der Waals surface area contributed by atoms with Crippen LogP contribution in [0.25, 0.3) is 0 Å². The highest BCUT2D eigenvalue weighted by atomic mass is 35.5. The molecule has 0 saturated carbocycles. The van der Waals surface area contributed by atoms with Crippen LogP contribution in [0.15, 0.2) is 18.2 Å². The van der Waals surface area contributed by atoms with Gasteiger partial charge in [0.05, 0.1) is 10.0 Å². The van der Waals surface area contributed by atoms with E-state index in [1.54, 1.807) is 26.2 Å². The highest BCUT2D eigenvalue weighted by molar-refractivity contribution is 6.42. The smallest absolute Gasteiger partial charge is 0.317 e. The lowest BCUT2D eigenvalue weighted by molar-refractivity contribution is 0.217. The molecule has 0 fully saturated rings. The van der Waals surface area contributed by atoms with Gasteiger partial charge in [-0.25, -0.2) is 4.79 Å². The van der Waals surface area contributed by atoms with E-state index in [0.717, 1.165) is 5.56 Å². The Morgan fingerprint density at radius 1 is 1.33 bits per heavy atom. The quantitative estimate of drug-likeness (QED) is 0.856. The molecule has 1 N–H and O–H groups in total. The van der Waals surface area contributed by atoms with Crippen molar-refractivity contribution in [1.29, 1.82) is 0 Å². The number of halogens is 2. The molecule has 3 nitrogen and oxygen atoms in total. The van der Waals surface area contributed by atoms with E-state index >= 15 is 0 Å². The zero-order valence-electron chi connectivity index (χ0n) is 8.55. The van der Waals surface area contributed by atoms with Crippen LogP contribution >= 0.6 is 23.2 Å². The topological polar surface area (TPSA) is 32.3 Å². The number of carbonyl (C=O) groups excluding carboxylic acids is 1. The number of nitrogens with one attached hydrogen (secondary N) is 1. The minimum Gasteiger partial charge on any atom is -0.334 e. The van der Waals surface area contributed by atoms with E-state index in [9.17, 15) is 4.79 Å². The molecule has 1 aromatic carbocycles. The van der Waals surface area contributed by atoms with E-state index in [1.807, 2.05) is 6.07 Å². The fourth-order valence-electron chi connectivity index (χ4n) is 0.985. The second-order valence-electron chi connectivity index (χ2n) is 3.30. The Labute approximate surface area is 99.0 Å². The van der Waals surface area contributed by atoms with Crippen LogP contribution in [0.2, 0.25) is 10.0 Å². The van der Waals surface area contributed by atoms with Gasteiger partial charge in [-0.1, -0.05) is 29.3 Å². The molecule has 0 bridgehead atoms. The highest BCUT2D eigenvalue weighted by Crippen LogP contribution is 2.22. The Hall–Kier alpha value is -0.930. The maximum absolute atomic E-state index is 11.2. The molecule has 0 spiro atoms. The molecule has 0 aliphatic rings. The van der Waals surface area contributed by atoms with E-state index in [4.69, 9.17) is 23.2 Å². The molecule has 0 atom stereocenters. The Morgan fingerprint density at radius 2 is 2.00 bits per heavy atom. The summed E-state index contributed by atoms with van der Waals surface area (Å²) in [5.74, 6) is 0. The Morgan fingerprint density at radius 3 is 2.53 bits per heavy atom. The average Bonchev–Trinajstić information content (AvgIpc) is 2.19. The first-order valence-electron chi connectivity index (χ1n) is 4.40. The molecule has 0 heterocycles. The molecule has 0 aliphatic carbocycles. The van der Waals surface area contributed by atoms with Gasteiger partial charge in [0, 0.05) is 20.6 Å². The van der Waals surface area contributed by atoms with Gasteiger partial charge in [-0.2, -0.15) is 0 Å². The highest BCUT2D eigenvalue weighted by Gasteiger charge is 2.03. The summed E-state index contributed by atoms with van der Waals surface area (Å²) in [6, 6.07) is 5.13. The zero-order chi connectivity index (χ0) is 11.4. The van der Waals surface area contributed by atoms with Crippen LogP contribution in [0.4, 0.5) is 4.79 Å². The normalized spacial score (nSPS) is 9.87. The minimum atomic E-state index is -0.138. The molecule has 1 rings (SSSR count). The average molecular weight is 247 g/mol. The summed E-state index contributed by atoms with van der Waals surface area (Å²) in [5, 5.41) is 3.74. The van der Waals surface area contributed by atoms with Gasteiger partial charge >= 0.3 is 6.03 Å². The first kappa shape index (κ1) is 12.1. The molecule has 0 saturated heterocycles. The molecule has 82 valence electrons. The summed E-state index contributed by atoms with van der Waals surface area (Å²) in [5.41, 5.74) is 0.916. The molecule has 0 aromatic heterocycles. The fourth-order valence-corrected chi connectivity index (χ4v) is 1.31. The summed E-state index contributed by atoms with van der Waals surface area (Å²) in [6.07, 6.45) is 0. The van der Waals surface area contributed by atoms with Gasteiger partial charge in [-0.3, -0.25) is 0 Å². The van der Waals surface area contributed by atoms with Crippen molar-refractivity contribution in [3.63, 3.8) is 0 Å². The number of rotatable bonds is 2. The van der Waals surface area contributed by atoms with Crippen molar-refractivity contribution in [2.24, 2.45) is 0 Å². The van der Waals surface area contributed by atoms with Gasteiger partial charge in [-0.05, 0) is 17.7 Å². The molecule has 5 heteroatoms. The van der Waals surface area contributed by atoms with Crippen molar-refractivity contribution >= 4 is 29.2 Å². The van der Waals surface area contributed by atoms with Crippen LogP contribution in [0.1, 0.15) is 5.56 Å². The van der Waals surface area contributed by atoms with E-state index in [1.165, 1.54) is 4.90 Å².